The van der Waals surface area contributed by atoms with Gasteiger partial charge in [0.15, 0.2) is 0 Å². The minimum Gasteiger partial charge on any atom is -1.00 e. The van der Waals surface area contributed by atoms with Gasteiger partial charge in [-0.1, -0.05) is 0 Å². The number of halogens is 2. The summed E-state index contributed by atoms with van der Waals surface area (Å²) in [5.41, 5.74) is 0. The summed E-state index contributed by atoms with van der Waals surface area (Å²) in [6.07, 6.45) is 3.52. The quantitative estimate of drug-likeness (QED) is 0.143. The molecule has 0 aromatic heterocycles. The Hall–Kier alpha value is 1.17. The van der Waals surface area contributed by atoms with Gasteiger partial charge in [0, 0.05) is 34.2 Å². The predicted molar refractivity (Wildman–Crippen MR) is 110 cm³/mol. The van der Waals surface area contributed by atoms with Gasteiger partial charge in [0.1, 0.15) is 19.6 Å². The summed E-state index contributed by atoms with van der Waals surface area (Å²) in [5.74, 6) is 0. The van der Waals surface area contributed by atoms with E-state index in [0.29, 0.717) is 6.26 Å². The van der Waals surface area contributed by atoms with Crippen LogP contribution < -0.4 is 48.0 Å². The third-order valence-electron chi connectivity index (χ3n) is 4.92. The number of hydrogen-bond donors (Lipinski definition) is 1. The molecule has 0 saturated carbocycles. The molecule has 0 bridgehead atoms. The molecule has 1 aliphatic rings. The zero-order valence-electron chi connectivity index (χ0n) is 19.3. The van der Waals surface area contributed by atoms with Crippen LogP contribution >= 0.6 is 0 Å². The molecular formula is C18H44I2N2O6S. The normalized spacial score (nSPS) is 15.0. The first kappa shape index (κ1) is 37.5. The molecule has 182 valence electrons. The minimum atomic E-state index is -3.67. The molecule has 1 heterocycles. The summed E-state index contributed by atoms with van der Waals surface area (Å²) in [5, 5.41) is 0. The van der Waals surface area contributed by atoms with E-state index in [0.717, 1.165) is 43.9 Å². The lowest BCUT2D eigenvalue weighted by Gasteiger charge is -2.32. The highest BCUT2D eigenvalue weighted by Crippen LogP contribution is 2.15. The molecule has 0 atom stereocenters. The van der Waals surface area contributed by atoms with Gasteiger partial charge in [-0.15, -0.1) is 0 Å². The maximum atomic E-state index is 9.19. The molecule has 0 unspecified atom stereocenters. The smallest absolute Gasteiger partial charge is 0.261 e. The monoisotopic (exact) mass is 670 g/mol. The molecule has 0 amide bonds. The van der Waals surface area contributed by atoms with Crippen molar-refractivity contribution in [3.05, 3.63) is 0 Å². The fourth-order valence-corrected chi connectivity index (χ4v) is 2.69. The first-order valence-corrected chi connectivity index (χ1v) is 11.4. The summed E-state index contributed by atoms with van der Waals surface area (Å²) in [6, 6.07) is 0. The molecule has 29 heavy (non-hydrogen) atoms. The van der Waals surface area contributed by atoms with Crippen LogP contribution in [0, 0.1) is 0 Å². The number of likely N-dealkylation sites (N-methyl/N-ethyl adjacent to an activating group) is 2. The predicted octanol–water partition coefficient (Wildman–Crippen LogP) is -4.87. The van der Waals surface area contributed by atoms with Crippen LogP contribution in [0.5, 0.6) is 0 Å². The van der Waals surface area contributed by atoms with Gasteiger partial charge in [-0.3, -0.25) is 4.55 Å². The summed E-state index contributed by atoms with van der Waals surface area (Å²) in [4.78, 5) is 0. The van der Waals surface area contributed by atoms with Gasteiger partial charge in [0.25, 0.3) is 10.1 Å². The van der Waals surface area contributed by atoms with Crippen LogP contribution in [0.25, 0.3) is 0 Å². The Morgan fingerprint density at radius 3 is 1.55 bits per heavy atom. The molecule has 8 nitrogen and oxygen atoms in total. The van der Waals surface area contributed by atoms with E-state index in [1.165, 1.54) is 37.0 Å². The van der Waals surface area contributed by atoms with Crippen LogP contribution in [-0.4, -0.2) is 123 Å². The van der Waals surface area contributed by atoms with E-state index in [9.17, 15) is 8.42 Å². The summed E-state index contributed by atoms with van der Waals surface area (Å²) in [7, 11) is 6.17. The van der Waals surface area contributed by atoms with Gasteiger partial charge in [-0.25, -0.2) is 0 Å². The average molecular weight is 670 g/mol. The fourth-order valence-electron chi connectivity index (χ4n) is 2.69. The lowest BCUT2D eigenvalue weighted by Crippen LogP contribution is -3.00. The molecule has 1 fully saturated rings. The minimum absolute atomic E-state index is 0. The molecule has 1 N–H and O–H groups in total. The standard InChI is InChI=1S/C9H22NO2.C8H18NO.CH4O3S.2HI/c1-5-10(2,6-8-11-3)7-9-12-4;1-9(7-8-10-2)5-3-4-6-9;1-5(2,3)4;;/h5-9H2,1-4H3;3-8H2,1-2H3;1H3,(H,2,3,4);2*1H/q2*+1;;;/p-2. The lowest BCUT2D eigenvalue weighted by molar-refractivity contribution is -0.908. The number of ether oxygens (including phenoxy) is 3. The second-order valence-corrected chi connectivity index (χ2v) is 9.06. The summed E-state index contributed by atoms with van der Waals surface area (Å²) < 4.78 is 43.3. The molecule has 1 rings (SSSR count). The lowest BCUT2D eigenvalue weighted by atomic mass is 10.4. The number of nitrogens with zero attached hydrogens (tertiary/aromatic N) is 2. The Morgan fingerprint density at radius 2 is 1.28 bits per heavy atom. The number of methoxy groups -OCH3 is 3. The first-order chi connectivity index (χ1) is 12.4. The number of likely N-dealkylation sites (tertiary alicyclic amines) is 1. The fraction of sp³-hybridized carbons (Fsp3) is 1.00. The number of quaternary nitrogens is 2. The van der Waals surface area contributed by atoms with Crippen LogP contribution in [0.3, 0.4) is 0 Å². The van der Waals surface area contributed by atoms with E-state index in [1.54, 1.807) is 21.3 Å². The van der Waals surface area contributed by atoms with E-state index in [4.69, 9.17) is 18.8 Å². The number of rotatable bonds is 10. The van der Waals surface area contributed by atoms with E-state index < -0.39 is 10.1 Å². The van der Waals surface area contributed by atoms with Crippen LogP contribution in [0.2, 0.25) is 0 Å². The van der Waals surface area contributed by atoms with Crippen molar-refractivity contribution in [2.45, 2.75) is 19.8 Å². The topological polar surface area (TPSA) is 82.1 Å². The molecule has 0 aromatic carbocycles. The van der Waals surface area contributed by atoms with Crippen molar-refractivity contribution in [3.8, 4) is 0 Å². The molecule has 0 spiro atoms. The molecule has 11 heteroatoms. The zero-order valence-corrected chi connectivity index (χ0v) is 24.5. The SMILES string of the molecule is CC[N+](C)(CCOC)CCOC.COCC[N+]1(C)CCCC1.CS(=O)(=O)O.[I-].[I-]. The highest BCUT2D eigenvalue weighted by atomic mass is 127. The molecule has 0 aromatic rings. The van der Waals surface area contributed by atoms with Crippen LogP contribution in [-0.2, 0) is 24.3 Å². The number of hydrogen-bond acceptors (Lipinski definition) is 5. The molecule has 1 aliphatic heterocycles. The maximum absolute atomic E-state index is 9.19. The van der Waals surface area contributed by atoms with E-state index >= 15 is 0 Å². The zero-order chi connectivity index (χ0) is 21.4. The maximum Gasteiger partial charge on any atom is 0.261 e. The Balaban J connectivity index is -0.000000168. The second kappa shape index (κ2) is 21.0. The average Bonchev–Trinajstić information content (AvgIpc) is 3.02. The Kier molecular flexibility index (Phi) is 27.2. The Morgan fingerprint density at radius 1 is 0.931 bits per heavy atom. The Labute approximate surface area is 213 Å². The van der Waals surface area contributed by atoms with E-state index in [1.807, 2.05) is 0 Å². The van der Waals surface area contributed by atoms with Crippen LogP contribution in [0.15, 0.2) is 0 Å². The Bertz CT molecular complexity index is 434. The highest BCUT2D eigenvalue weighted by molar-refractivity contribution is 7.85. The second-order valence-electron chi connectivity index (χ2n) is 7.59. The molecule has 0 aliphatic carbocycles. The third kappa shape index (κ3) is 27.1. The van der Waals surface area contributed by atoms with Crippen molar-refractivity contribution in [1.29, 1.82) is 0 Å². The van der Waals surface area contributed by atoms with Crippen LogP contribution in [0.1, 0.15) is 19.8 Å². The van der Waals surface area contributed by atoms with Crippen LogP contribution in [0.4, 0.5) is 0 Å². The van der Waals surface area contributed by atoms with E-state index in [-0.39, 0.29) is 48.0 Å². The largest absolute Gasteiger partial charge is 1.00 e. The van der Waals surface area contributed by atoms with Gasteiger partial charge in [0.05, 0.1) is 59.8 Å². The van der Waals surface area contributed by atoms with Gasteiger partial charge < -0.3 is 71.1 Å². The molecule has 0 radical (unpaired) electrons. The van der Waals surface area contributed by atoms with Gasteiger partial charge in [-0.05, 0) is 6.92 Å². The van der Waals surface area contributed by atoms with Crippen molar-refractivity contribution in [3.63, 3.8) is 0 Å². The van der Waals surface area contributed by atoms with Gasteiger partial charge >= 0.3 is 0 Å². The van der Waals surface area contributed by atoms with Gasteiger partial charge in [-0.2, -0.15) is 8.42 Å². The van der Waals surface area contributed by atoms with Crippen molar-refractivity contribution in [1.82, 2.24) is 0 Å². The van der Waals surface area contributed by atoms with Crippen molar-refractivity contribution < 1.29 is 84.1 Å². The first-order valence-electron chi connectivity index (χ1n) is 9.51. The third-order valence-corrected chi connectivity index (χ3v) is 4.92. The summed E-state index contributed by atoms with van der Waals surface area (Å²) in [6.45, 7) is 11.9. The summed E-state index contributed by atoms with van der Waals surface area (Å²) >= 11 is 0. The van der Waals surface area contributed by atoms with Crippen molar-refractivity contribution in [2.24, 2.45) is 0 Å². The van der Waals surface area contributed by atoms with Gasteiger partial charge in [0.2, 0.25) is 0 Å². The highest BCUT2D eigenvalue weighted by Gasteiger charge is 2.25. The van der Waals surface area contributed by atoms with E-state index in [2.05, 4.69) is 21.0 Å². The van der Waals surface area contributed by atoms with Crippen molar-refractivity contribution >= 4 is 10.1 Å². The molecule has 1 saturated heterocycles. The molecular weight excluding hydrogens is 626 g/mol. The van der Waals surface area contributed by atoms with Crippen molar-refractivity contribution in [2.75, 3.05) is 101 Å².